The number of carbonyl (C=O) groups excluding carboxylic acids is 1. The van der Waals surface area contributed by atoms with Gasteiger partial charge in [-0.1, -0.05) is 42.5 Å². The van der Waals surface area contributed by atoms with Crippen LogP contribution in [0.1, 0.15) is 28.8 Å². The van der Waals surface area contributed by atoms with Crippen LogP contribution < -0.4 is 10.2 Å². The number of halogens is 1. The normalized spacial score (nSPS) is 15.9. The number of aromatic amines is 1. The number of carbonyl (C=O) groups is 1. The van der Waals surface area contributed by atoms with Crippen LogP contribution in [0.5, 0.6) is 0 Å². The minimum absolute atomic E-state index is 0.0246. The van der Waals surface area contributed by atoms with Crippen molar-refractivity contribution in [2.24, 2.45) is 0 Å². The molecule has 3 aromatic carbocycles. The number of benzene rings is 3. The lowest BCUT2D eigenvalue weighted by Gasteiger charge is -2.35. The number of para-hydroxylation sites is 1. The van der Waals surface area contributed by atoms with Crippen molar-refractivity contribution in [3.8, 4) is 11.3 Å². The molecule has 0 spiro atoms. The third kappa shape index (κ3) is 3.82. The average molecular weight is 480 g/mol. The van der Waals surface area contributed by atoms with Crippen molar-refractivity contribution in [1.82, 2.24) is 20.5 Å². The van der Waals surface area contributed by atoms with Gasteiger partial charge in [0.2, 0.25) is 0 Å². The Morgan fingerprint density at radius 1 is 1.08 bits per heavy atom. The van der Waals surface area contributed by atoms with Gasteiger partial charge in [-0.15, -0.1) is 0 Å². The number of aromatic nitrogens is 3. The molecule has 0 unspecified atom stereocenters. The standard InChI is InChI=1S/C29H26FN5O/c1-18-6-4-7-19-13-15-32-28(26(18)19)35(21-8-5-14-31-17-21)29(36)22-12-11-20(16-24(22)30)27-23-9-2-3-10-25(23)33-34-27/h2-4,6-7,9-13,15-16,21,31H,5,8,14,17H2,1H3,(H,33,34)/t21-/m1/s1. The maximum atomic E-state index is 15.6. The highest BCUT2D eigenvalue weighted by Gasteiger charge is 2.31. The topological polar surface area (TPSA) is 73.9 Å². The fourth-order valence-corrected chi connectivity index (χ4v) is 5.21. The van der Waals surface area contributed by atoms with E-state index in [2.05, 4.69) is 20.5 Å². The van der Waals surface area contributed by atoms with Gasteiger partial charge in [-0.05, 0) is 61.5 Å². The Hall–Kier alpha value is -4.10. The van der Waals surface area contributed by atoms with Gasteiger partial charge in [0.1, 0.15) is 11.6 Å². The van der Waals surface area contributed by atoms with E-state index in [0.717, 1.165) is 46.6 Å². The third-order valence-electron chi connectivity index (χ3n) is 7.01. The molecule has 1 amide bonds. The summed E-state index contributed by atoms with van der Waals surface area (Å²) in [5.41, 5.74) is 3.20. The maximum Gasteiger partial charge on any atom is 0.262 e. The van der Waals surface area contributed by atoms with Crippen molar-refractivity contribution in [1.29, 1.82) is 0 Å². The smallest absolute Gasteiger partial charge is 0.262 e. The van der Waals surface area contributed by atoms with Gasteiger partial charge in [-0.2, -0.15) is 5.10 Å². The molecule has 5 aromatic rings. The first-order valence-corrected chi connectivity index (χ1v) is 12.2. The van der Waals surface area contributed by atoms with E-state index >= 15 is 4.39 Å². The van der Waals surface area contributed by atoms with Gasteiger partial charge in [-0.3, -0.25) is 14.8 Å². The minimum atomic E-state index is -0.574. The number of pyridine rings is 1. The lowest BCUT2D eigenvalue weighted by Crippen LogP contribution is -2.49. The van der Waals surface area contributed by atoms with E-state index < -0.39 is 5.82 Å². The second-order valence-electron chi connectivity index (χ2n) is 9.30. The van der Waals surface area contributed by atoms with E-state index in [1.807, 2.05) is 55.5 Å². The first kappa shape index (κ1) is 22.4. The highest BCUT2D eigenvalue weighted by atomic mass is 19.1. The molecule has 3 heterocycles. The van der Waals surface area contributed by atoms with E-state index in [0.29, 0.717) is 23.6 Å². The van der Waals surface area contributed by atoms with Gasteiger partial charge in [0.25, 0.3) is 5.91 Å². The molecule has 7 heteroatoms. The van der Waals surface area contributed by atoms with Gasteiger partial charge in [0.15, 0.2) is 0 Å². The summed E-state index contributed by atoms with van der Waals surface area (Å²) in [5, 5.41) is 13.6. The summed E-state index contributed by atoms with van der Waals surface area (Å²) >= 11 is 0. The molecule has 1 saturated heterocycles. The van der Waals surface area contributed by atoms with Crippen LogP contribution in [0.25, 0.3) is 32.9 Å². The Bertz CT molecular complexity index is 1580. The van der Waals surface area contributed by atoms with Crippen molar-refractivity contribution < 1.29 is 9.18 Å². The number of anilines is 1. The molecule has 0 bridgehead atoms. The molecule has 1 atom stereocenters. The highest BCUT2D eigenvalue weighted by Crippen LogP contribution is 2.33. The second kappa shape index (κ2) is 9.17. The SMILES string of the molecule is Cc1cccc2ccnc(N(C(=O)c3ccc(-c4n[nH]c5ccccc45)cc3F)[C@@H]3CCCNC3)c12. The zero-order valence-electron chi connectivity index (χ0n) is 20.0. The molecule has 2 N–H and O–H groups in total. The molecule has 6 rings (SSSR count). The number of nitrogens with zero attached hydrogens (tertiary/aromatic N) is 3. The number of piperidine rings is 1. The molecule has 6 nitrogen and oxygen atoms in total. The zero-order chi connectivity index (χ0) is 24.6. The van der Waals surface area contributed by atoms with Gasteiger partial charge in [-0.25, -0.2) is 9.37 Å². The van der Waals surface area contributed by atoms with Gasteiger partial charge < -0.3 is 5.32 Å². The molecule has 1 fully saturated rings. The highest BCUT2D eigenvalue weighted by molar-refractivity contribution is 6.11. The van der Waals surface area contributed by atoms with Crippen LogP contribution in [0.15, 0.2) is 72.9 Å². The number of aryl methyl sites for hydroxylation is 1. The van der Waals surface area contributed by atoms with E-state index in [9.17, 15) is 4.79 Å². The number of fused-ring (bicyclic) bond motifs is 2. The number of hydrogen-bond acceptors (Lipinski definition) is 4. The largest absolute Gasteiger partial charge is 0.315 e. The number of rotatable bonds is 4. The monoisotopic (exact) mass is 479 g/mol. The molecule has 0 radical (unpaired) electrons. The first-order valence-electron chi connectivity index (χ1n) is 12.2. The molecular formula is C29H26FN5O. The third-order valence-corrected chi connectivity index (χ3v) is 7.01. The van der Waals surface area contributed by atoms with Crippen LogP contribution in [0.4, 0.5) is 10.2 Å². The molecule has 2 aromatic heterocycles. The fraction of sp³-hybridized carbons (Fsp3) is 0.207. The molecule has 1 aliphatic rings. The maximum absolute atomic E-state index is 15.6. The van der Waals surface area contributed by atoms with Crippen LogP contribution in [-0.2, 0) is 0 Å². The summed E-state index contributed by atoms with van der Waals surface area (Å²) < 4.78 is 15.6. The lowest BCUT2D eigenvalue weighted by atomic mass is 10.00. The summed E-state index contributed by atoms with van der Waals surface area (Å²) in [6, 6.07) is 20.3. The predicted octanol–water partition coefficient (Wildman–Crippen LogP) is 5.62. The van der Waals surface area contributed by atoms with E-state index in [-0.39, 0.29) is 17.5 Å². The van der Waals surface area contributed by atoms with Crippen molar-refractivity contribution in [3.63, 3.8) is 0 Å². The Kier molecular flexibility index (Phi) is 5.70. The van der Waals surface area contributed by atoms with Crippen LogP contribution in [-0.4, -0.2) is 40.2 Å². The van der Waals surface area contributed by atoms with Crippen LogP contribution in [0.3, 0.4) is 0 Å². The van der Waals surface area contributed by atoms with Crippen LogP contribution >= 0.6 is 0 Å². The Morgan fingerprint density at radius 3 is 2.81 bits per heavy atom. The zero-order valence-corrected chi connectivity index (χ0v) is 20.0. The van der Waals surface area contributed by atoms with Crippen LogP contribution in [0.2, 0.25) is 0 Å². The van der Waals surface area contributed by atoms with E-state index in [4.69, 9.17) is 0 Å². The first-order chi connectivity index (χ1) is 17.6. The van der Waals surface area contributed by atoms with Crippen molar-refractivity contribution in [2.75, 3.05) is 18.0 Å². The molecule has 0 saturated carbocycles. The predicted molar refractivity (Wildman–Crippen MR) is 141 cm³/mol. The number of amides is 1. The minimum Gasteiger partial charge on any atom is -0.315 e. The molecule has 0 aliphatic carbocycles. The molecular weight excluding hydrogens is 453 g/mol. The van der Waals surface area contributed by atoms with Crippen molar-refractivity contribution >= 4 is 33.4 Å². The fourth-order valence-electron chi connectivity index (χ4n) is 5.21. The number of H-pyrrole nitrogens is 1. The number of hydrogen-bond donors (Lipinski definition) is 2. The van der Waals surface area contributed by atoms with E-state index in [1.165, 1.54) is 6.07 Å². The molecule has 36 heavy (non-hydrogen) atoms. The average Bonchev–Trinajstić information content (AvgIpc) is 3.34. The van der Waals surface area contributed by atoms with E-state index in [1.54, 1.807) is 23.2 Å². The van der Waals surface area contributed by atoms with Gasteiger partial charge in [0, 0.05) is 29.1 Å². The molecule has 180 valence electrons. The summed E-state index contributed by atoms with van der Waals surface area (Å²) in [5.74, 6) is -0.385. The summed E-state index contributed by atoms with van der Waals surface area (Å²) in [7, 11) is 0. The Labute approximate surface area is 208 Å². The molecule has 1 aliphatic heterocycles. The lowest BCUT2D eigenvalue weighted by molar-refractivity contribution is 0.0968. The summed E-state index contributed by atoms with van der Waals surface area (Å²) in [6.07, 6.45) is 3.48. The van der Waals surface area contributed by atoms with Gasteiger partial charge in [0.05, 0.1) is 22.8 Å². The quantitative estimate of drug-likeness (QED) is 0.351. The van der Waals surface area contributed by atoms with Crippen LogP contribution in [0, 0.1) is 12.7 Å². The Balaban J connectivity index is 1.45. The number of nitrogens with one attached hydrogen (secondary N) is 2. The Morgan fingerprint density at radius 2 is 1.97 bits per heavy atom. The van der Waals surface area contributed by atoms with Crippen molar-refractivity contribution in [2.45, 2.75) is 25.8 Å². The van der Waals surface area contributed by atoms with Gasteiger partial charge >= 0.3 is 0 Å². The summed E-state index contributed by atoms with van der Waals surface area (Å²) in [4.78, 5) is 20.4. The van der Waals surface area contributed by atoms with Crippen molar-refractivity contribution in [3.05, 3.63) is 89.9 Å². The second-order valence-corrected chi connectivity index (χ2v) is 9.30. The summed E-state index contributed by atoms with van der Waals surface area (Å²) in [6.45, 7) is 3.55.